The lowest BCUT2D eigenvalue weighted by Crippen LogP contribution is -2.28. The average molecular weight is 305 g/mol. The highest BCUT2D eigenvalue weighted by atomic mass is 16.1. The lowest BCUT2D eigenvalue weighted by Gasteiger charge is -2.24. The maximum Gasteiger partial charge on any atom is 0.227 e. The van der Waals surface area contributed by atoms with Crippen molar-refractivity contribution in [3.8, 4) is 11.3 Å². The predicted molar refractivity (Wildman–Crippen MR) is 91.3 cm³/mol. The first-order valence-corrected chi connectivity index (χ1v) is 8.06. The number of anilines is 1. The van der Waals surface area contributed by atoms with Gasteiger partial charge in [-0.05, 0) is 43.5 Å². The van der Waals surface area contributed by atoms with Gasteiger partial charge >= 0.3 is 0 Å². The number of aryl methyl sites for hydroxylation is 1. The van der Waals surface area contributed by atoms with Crippen LogP contribution < -0.4 is 5.32 Å². The minimum absolute atomic E-state index is 0.145. The Kier molecular flexibility index (Phi) is 3.37. The number of aromatic nitrogens is 2. The first-order valence-electron chi connectivity index (χ1n) is 8.06. The van der Waals surface area contributed by atoms with E-state index in [1.807, 2.05) is 54.0 Å². The van der Waals surface area contributed by atoms with E-state index in [0.717, 1.165) is 41.0 Å². The molecule has 1 aliphatic carbocycles. The zero-order valence-corrected chi connectivity index (χ0v) is 13.1. The molecule has 2 aromatic heterocycles. The van der Waals surface area contributed by atoms with E-state index in [2.05, 4.69) is 16.4 Å². The van der Waals surface area contributed by atoms with E-state index in [1.54, 1.807) is 0 Å². The minimum Gasteiger partial charge on any atom is -0.326 e. The average Bonchev–Trinajstić information content (AvgIpc) is 2.91. The summed E-state index contributed by atoms with van der Waals surface area (Å²) in [6.07, 6.45) is 7.18. The molecule has 4 nitrogen and oxygen atoms in total. The van der Waals surface area contributed by atoms with Gasteiger partial charge in [0, 0.05) is 29.6 Å². The highest BCUT2D eigenvalue weighted by molar-refractivity contribution is 5.94. The van der Waals surface area contributed by atoms with E-state index >= 15 is 0 Å². The van der Waals surface area contributed by atoms with Gasteiger partial charge in [0.05, 0.1) is 5.69 Å². The number of nitrogens with one attached hydrogen (secondary N) is 1. The monoisotopic (exact) mass is 305 g/mol. The van der Waals surface area contributed by atoms with Crippen LogP contribution in [-0.4, -0.2) is 15.3 Å². The van der Waals surface area contributed by atoms with Crippen molar-refractivity contribution < 1.29 is 4.79 Å². The zero-order valence-electron chi connectivity index (χ0n) is 13.1. The molecule has 4 rings (SSSR count). The van der Waals surface area contributed by atoms with E-state index in [4.69, 9.17) is 0 Å². The van der Waals surface area contributed by atoms with E-state index in [-0.39, 0.29) is 11.8 Å². The quantitative estimate of drug-likeness (QED) is 0.793. The van der Waals surface area contributed by atoms with E-state index in [1.165, 1.54) is 6.42 Å². The molecule has 1 fully saturated rings. The Labute approximate surface area is 135 Å². The molecule has 1 aromatic carbocycles. The summed E-state index contributed by atoms with van der Waals surface area (Å²) in [6, 6.07) is 12.1. The van der Waals surface area contributed by atoms with Crippen molar-refractivity contribution in [3.05, 3.63) is 54.4 Å². The first-order chi connectivity index (χ1) is 11.2. The normalized spacial score (nSPS) is 14.7. The maximum atomic E-state index is 12.2. The Balaban J connectivity index is 1.66. The molecule has 4 heteroatoms. The molecule has 116 valence electrons. The molecule has 1 saturated carbocycles. The van der Waals surface area contributed by atoms with Gasteiger partial charge in [0.1, 0.15) is 5.65 Å². The van der Waals surface area contributed by atoms with E-state index < -0.39 is 0 Å². The van der Waals surface area contributed by atoms with Gasteiger partial charge in [0.25, 0.3) is 0 Å². The van der Waals surface area contributed by atoms with Gasteiger partial charge in [0.15, 0.2) is 0 Å². The molecular weight excluding hydrogens is 286 g/mol. The van der Waals surface area contributed by atoms with Crippen LogP contribution in [0.1, 0.15) is 24.8 Å². The highest BCUT2D eigenvalue weighted by Crippen LogP contribution is 2.30. The van der Waals surface area contributed by atoms with Crippen LogP contribution in [0.15, 0.2) is 48.8 Å². The van der Waals surface area contributed by atoms with Crippen molar-refractivity contribution in [2.45, 2.75) is 26.2 Å². The fourth-order valence-electron chi connectivity index (χ4n) is 2.89. The Morgan fingerprint density at radius 1 is 1.26 bits per heavy atom. The van der Waals surface area contributed by atoms with Gasteiger partial charge in [-0.1, -0.05) is 24.6 Å². The molecule has 2 heterocycles. The van der Waals surface area contributed by atoms with Crippen molar-refractivity contribution in [1.82, 2.24) is 9.38 Å². The second-order valence-corrected chi connectivity index (χ2v) is 6.24. The number of rotatable bonds is 3. The van der Waals surface area contributed by atoms with Gasteiger partial charge in [-0.2, -0.15) is 0 Å². The predicted octanol–water partition coefficient (Wildman–Crippen LogP) is 4.05. The van der Waals surface area contributed by atoms with Crippen molar-refractivity contribution >= 4 is 17.2 Å². The molecule has 1 amide bonds. The standard InChI is InChI=1S/C19H19N3O/c1-13-8-9-15(11-16(13)21-19(23)14-5-4-6-14)17-12-22-10-3-2-7-18(22)20-17/h2-3,7-12,14H,4-6H2,1H3,(H,21,23). The highest BCUT2D eigenvalue weighted by Gasteiger charge is 2.25. The molecule has 0 bridgehead atoms. The Hall–Kier alpha value is -2.62. The number of hydrogen-bond donors (Lipinski definition) is 1. The summed E-state index contributed by atoms with van der Waals surface area (Å²) in [5, 5.41) is 3.08. The third kappa shape index (κ3) is 2.61. The van der Waals surface area contributed by atoms with Crippen LogP contribution in [0.5, 0.6) is 0 Å². The van der Waals surface area contributed by atoms with Crippen molar-refractivity contribution in [2.75, 3.05) is 5.32 Å². The van der Waals surface area contributed by atoms with Crippen LogP contribution in [0.2, 0.25) is 0 Å². The fraction of sp³-hybridized carbons (Fsp3) is 0.263. The van der Waals surface area contributed by atoms with Gasteiger partial charge in [0.2, 0.25) is 5.91 Å². The van der Waals surface area contributed by atoms with E-state index in [9.17, 15) is 4.79 Å². The molecule has 0 aliphatic heterocycles. The van der Waals surface area contributed by atoms with Crippen LogP contribution in [0, 0.1) is 12.8 Å². The summed E-state index contributed by atoms with van der Waals surface area (Å²) in [4.78, 5) is 16.9. The lowest BCUT2D eigenvalue weighted by molar-refractivity contribution is -0.122. The Bertz CT molecular complexity index is 844. The lowest BCUT2D eigenvalue weighted by atomic mass is 9.84. The van der Waals surface area contributed by atoms with Crippen molar-refractivity contribution in [3.63, 3.8) is 0 Å². The second kappa shape index (κ2) is 5.54. The van der Waals surface area contributed by atoms with Gasteiger partial charge < -0.3 is 9.72 Å². The molecule has 0 saturated heterocycles. The van der Waals surface area contributed by atoms with Crippen molar-refractivity contribution in [1.29, 1.82) is 0 Å². The van der Waals surface area contributed by atoms with E-state index in [0.29, 0.717) is 0 Å². The number of pyridine rings is 1. The summed E-state index contributed by atoms with van der Waals surface area (Å²) < 4.78 is 2.00. The summed E-state index contributed by atoms with van der Waals surface area (Å²) in [5.41, 5.74) is 4.81. The Morgan fingerprint density at radius 2 is 2.13 bits per heavy atom. The molecule has 0 spiro atoms. The van der Waals surface area contributed by atoms with Crippen molar-refractivity contribution in [2.24, 2.45) is 5.92 Å². The summed E-state index contributed by atoms with van der Waals surface area (Å²) >= 11 is 0. The minimum atomic E-state index is 0.145. The fourth-order valence-corrected chi connectivity index (χ4v) is 2.89. The summed E-state index contributed by atoms with van der Waals surface area (Å²) in [7, 11) is 0. The topological polar surface area (TPSA) is 46.4 Å². The molecule has 1 N–H and O–H groups in total. The number of nitrogens with zero attached hydrogens (tertiary/aromatic N) is 2. The van der Waals surface area contributed by atoms with Gasteiger partial charge in [-0.3, -0.25) is 4.79 Å². The summed E-state index contributed by atoms with van der Waals surface area (Å²) in [6.45, 7) is 2.02. The molecule has 3 aromatic rings. The first kappa shape index (κ1) is 14.0. The number of amides is 1. The van der Waals surface area contributed by atoms with Crippen LogP contribution in [0.4, 0.5) is 5.69 Å². The largest absolute Gasteiger partial charge is 0.326 e. The van der Waals surface area contributed by atoms with Gasteiger partial charge in [-0.15, -0.1) is 0 Å². The third-order valence-corrected chi connectivity index (χ3v) is 4.63. The molecule has 0 unspecified atom stereocenters. The zero-order chi connectivity index (χ0) is 15.8. The van der Waals surface area contributed by atoms with Crippen LogP contribution in [-0.2, 0) is 4.79 Å². The number of carbonyl (C=O) groups is 1. The molecule has 0 atom stereocenters. The second-order valence-electron chi connectivity index (χ2n) is 6.24. The van der Waals surface area contributed by atoms with Crippen LogP contribution in [0.25, 0.3) is 16.9 Å². The smallest absolute Gasteiger partial charge is 0.227 e. The Morgan fingerprint density at radius 3 is 2.87 bits per heavy atom. The number of carbonyl (C=O) groups excluding carboxylic acids is 1. The van der Waals surface area contributed by atoms with Gasteiger partial charge in [-0.25, -0.2) is 4.98 Å². The molecular formula is C19H19N3O. The molecule has 23 heavy (non-hydrogen) atoms. The molecule has 0 radical (unpaired) electrons. The number of benzene rings is 1. The molecule has 1 aliphatic rings. The maximum absolute atomic E-state index is 12.2. The van der Waals surface area contributed by atoms with Crippen LogP contribution >= 0.6 is 0 Å². The third-order valence-electron chi connectivity index (χ3n) is 4.63. The number of imidazole rings is 1. The number of fused-ring (bicyclic) bond motifs is 1. The number of hydrogen-bond acceptors (Lipinski definition) is 2. The SMILES string of the molecule is Cc1ccc(-c2cn3ccccc3n2)cc1NC(=O)C1CCC1. The van der Waals surface area contributed by atoms with Crippen LogP contribution in [0.3, 0.4) is 0 Å². The summed E-state index contributed by atoms with van der Waals surface area (Å²) in [5.74, 6) is 0.333.